The highest BCUT2D eigenvalue weighted by Gasteiger charge is 2.22. The molecule has 0 amide bonds. The molecule has 0 aromatic heterocycles. The molecule has 0 aliphatic heterocycles. The van der Waals surface area contributed by atoms with Gasteiger partial charge in [-0.3, -0.25) is 0 Å². The molecule has 0 heteroatoms. The molecule has 0 spiro atoms. The molecule has 1 atom stereocenters. The fourth-order valence-corrected chi connectivity index (χ4v) is 6.74. The van der Waals surface area contributed by atoms with E-state index in [0.717, 1.165) is 17.8 Å². The molecule has 0 nitrogen and oxygen atoms in total. The number of allylic oxidation sites excluding steroid dienone is 2. The summed E-state index contributed by atoms with van der Waals surface area (Å²) >= 11 is 0. The van der Waals surface area contributed by atoms with E-state index in [2.05, 4.69) is 68.5 Å². The molecule has 1 unspecified atom stereocenters. The van der Waals surface area contributed by atoms with E-state index < -0.39 is 0 Å². The van der Waals surface area contributed by atoms with Crippen LogP contribution in [-0.2, 0) is 0 Å². The molecule has 1 saturated carbocycles. The van der Waals surface area contributed by atoms with Crippen LogP contribution in [0.15, 0.2) is 54.6 Å². The second-order valence-corrected chi connectivity index (χ2v) is 12.0. The zero-order chi connectivity index (χ0) is 25.0. The SMILES string of the molecule is CCCCCCC[C@H]1CC[C@H](c2ccc(-c3ccc(C4=CCC(CCCCC)CC4)cc3)cc2)CC1. The summed E-state index contributed by atoms with van der Waals surface area (Å²) in [5, 5.41) is 0. The van der Waals surface area contributed by atoms with Crippen LogP contribution < -0.4 is 0 Å². The molecular weight excluding hydrogens is 432 g/mol. The first-order chi connectivity index (χ1) is 17.8. The zero-order valence-electron chi connectivity index (χ0n) is 23.4. The minimum Gasteiger partial charge on any atom is -0.0804 e. The summed E-state index contributed by atoms with van der Waals surface area (Å²) in [6.45, 7) is 4.61. The van der Waals surface area contributed by atoms with Gasteiger partial charge in [-0.2, -0.15) is 0 Å². The first-order valence-electron chi connectivity index (χ1n) is 15.7. The average molecular weight is 485 g/mol. The Hall–Kier alpha value is -1.82. The van der Waals surface area contributed by atoms with Gasteiger partial charge in [-0.1, -0.05) is 133 Å². The Morgan fingerprint density at radius 1 is 0.556 bits per heavy atom. The highest BCUT2D eigenvalue weighted by atomic mass is 14.3. The summed E-state index contributed by atoms with van der Waals surface area (Å²) in [5.74, 6) is 2.69. The lowest BCUT2D eigenvalue weighted by Gasteiger charge is -2.29. The van der Waals surface area contributed by atoms with Crippen molar-refractivity contribution in [2.75, 3.05) is 0 Å². The molecule has 4 rings (SSSR count). The lowest BCUT2D eigenvalue weighted by Crippen LogP contribution is -2.13. The molecule has 0 heterocycles. The van der Waals surface area contributed by atoms with E-state index >= 15 is 0 Å². The van der Waals surface area contributed by atoms with E-state index in [-0.39, 0.29) is 0 Å². The van der Waals surface area contributed by atoms with Gasteiger partial charge >= 0.3 is 0 Å². The van der Waals surface area contributed by atoms with Gasteiger partial charge in [0.1, 0.15) is 0 Å². The molecule has 196 valence electrons. The van der Waals surface area contributed by atoms with Crippen LogP contribution in [0.5, 0.6) is 0 Å². The third kappa shape index (κ3) is 8.09. The zero-order valence-corrected chi connectivity index (χ0v) is 23.4. The van der Waals surface area contributed by atoms with Gasteiger partial charge in [0.25, 0.3) is 0 Å². The number of unbranched alkanes of at least 4 members (excludes halogenated alkanes) is 6. The molecule has 0 bridgehead atoms. The van der Waals surface area contributed by atoms with Crippen molar-refractivity contribution in [2.24, 2.45) is 11.8 Å². The lowest BCUT2D eigenvalue weighted by molar-refractivity contribution is 0.302. The van der Waals surface area contributed by atoms with Gasteiger partial charge in [0.15, 0.2) is 0 Å². The lowest BCUT2D eigenvalue weighted by atomic mass is 9.77. The van der Waals surface area contributed by atoms with E-state index in [4.69, 9.17) is 0 Å². The molecule has 0 radical (unpaired) electrons. The topological polar surface area (TPSA) is 0 Å². The number of hydrogen-bond acceptors (Lipinski definition) is 0. The minimum atomic E-state index is 0.779. The Balaban J connectivity index is 1.24. The van der Waals surface area contributed by atoms with E-state index in [1.807, 2.05) is 0 Å². The van der Waals surface area contributed by atoms with Crippen LogP contribution in [0.4, 0.5) is 0 Å². The van der Waals surface area contributed by atoms with E-state index in [0.29, 0.717) is 0 Å². The van der Waals surface area contributed by atoms with Crippen LogP contribution in [0, 0.1) is 11.8 Å². The van der Waals surface area contributed by atoms with Crippen molar-refractivity contribution >= 4 is 5.57 Å². The van der Waals surface area contributed by atoms with Crippen LogP contribution in [0.2, 0.25) is 0 Å². The fraction of sp³-hybridized carbons (Fsp3) is 0.611. The summed E-state index contributed by atoms with van der Waals surface area (Å²) in [6, 6.07) is 19.0. The van der Waals surface area contributed by atoms with Gasteiger partial charge in [-0.25, -0.2) is 0 Å². The fourth-order valence-electron chi connectivity index (χ4n) is 6.74. The summed E-state index contributed by atoms with van der Waals surface area (Å²) in [5.41, 5.74) is 7.29. The Bertz CT molecular complexity index is 892. The number of hydrogen-bond donors (Lipinski definition) is 0. The molecule has 2 aliphatic carbocycles. The normalized spacial score (nSPS) is 22.4. The van der Waals surface area contributed by atoms with Crippen molar-refractivity contribution in [3.05, 3.63) is 65.7 Å². The highest BCUT2D eigenvalue weighted by molar-refractivity contribution is 5.71. The molecule has 36 heavy (non-hydrogen) atoms. The molecule has 2 aliphatic rings. The van der Waals surface area contributed by atoms with Crippen molar-refractivity contribution in [3.63, 3.8) is 0 Å². The maximum absolute atomic E-state index is 2.53. The molecule has 2 aromatic carbocycles. The Morgan fingerprint density at radius 3 is 1.75 bits per heavy atom. The first-order valence-corrected chi connectivity index (χ1v) is 15.7. The number of benzene rings is 2. The summed E-state index contributed by atoms with van der Waals surface area (Å²) < 4.78 is 0. The maximum atomic E-state index is 2.53. The van der Waals surface area contributed by atoms with E-state index in [1.165, 1.54) is 126 Å². The highest BCUT2D eigenvalue weighted by Crippen LogP contribution is 2.39. The second kappa shape index (κ2) is 14.8. The largest absolute Gasteiger partial charge is 0.0804 e. The van der Waals surface area contributed by atoms with E-state index in [1.54, 1.807) is 11.1 Å². The van der Waals surface area contributed by atoms with Crippen molar-refractivity contribution in [2.45, 2.75) is 129 Å². The van der Waals surface area contributed by atoms with Gasteiger partial charge in [-0.05, 0) is 90.5 Å². The van der Waals surface area contributed by atoms with Crippen LogP contribution in [0.3, 0.4) is 0 Å². The summed E-state index contributed by atoms with van der Waals surface area (Å²) in [4.78, 5) is 0. The second-order valence-electron chi connectivity index (χ2n) is 12.0. The molecular formula is C36H52. The summed E-state index contributed by atoms with van der Waals surface area (Å²) in [7, 11) is 0. The smallest absolute Gasteiger partial charge is 0.0162 e. The van der Waals surface area contributed by atoms with E-state index in [9.17, 15) is 0 Å². The van der Waals surface area contributed by atoms with Crippen molar-refractivity contribution in [1.29, 1.82) is 0 Å². The van der Waals surface area contributed by atoms with Crippen LogP contribution in [0.1, 0.15) is 140 Å². The van der Waals surface area contributed by atoms with Gasteiger partial charge in [0.2, 0.25) is 0 Å². The molecule has 2 aromatic rings. The van der Waals surface area contributed by atoms with Crippen molar-refractivity contribution in [3.8, 4) is 11.1 Å². The monoisotopic (exact) mass is 484 g/mol. The Kier molecular flexibility index (Phi) is 11.2. The quantitative estimate of drug-likeness (QED) is 0.248. The van der Waals surface area contributed by atoms with Gasteiger partial charge in [-0.15, -0.1) is 0 Å². The third-order valence-electron chi connectivity index (χ3n) is 9.27. The van der Waals surface area contributed by atoms with Crippen LogP contribution >= 0.6 is 0 Å². The predicted molar refractivity (Wildman–Crippen MR) is 159 cm³/mol. The standard InChI is InChI=1S/C36H52/c1-3-5-7-8-10-12-30-15-19-32(20-16-30)34-23-27-36(28-24-34)35-25-21-33(22-26-35)31-17-13-29(14-18-31)11-9-6-4-2/h17,21-30,32H,3-16,18-20H2,1-2H3/t29?,30-,32-. The van der Waals surface area contributed by atoms with Crippen LogP contribution in [0.25, 0.3) is 16.7 Å². The van der Waals surface area contributed by atoms with Gasteiger partial charge < -0.3 is 0 Å². The Morgan fingerprint density at radius 2 is 1.11 bits per heavy atom. The molecule has 1 fully saturated rings. The Labute approximate surface area is 223 Å². The molecule has 0 saturated heterocycles. The number of rotatable bonds is 13. The van der Waals surface area contributed by atoms with Crippen molar-refractivity contribution < 1.29 is 0 Å². The minimum absolute atomic E-state index is 0.779. The van der Waals surface area contributed by atoms with Gasteiger partial charge in [0.05, 0.1) is 0 Å². The third-order valence-corrected chi connectivity index (χ3v) is 9.27. The van der Waals surface area contributed by atoms with Gasteiger partial charge in [0, 0.05) is 0 Å². The average Bonchev–Trinajstić information content (AvgIpc) is 2.94. The predicted octanol–water partition coefficient (Wildman–Crippen LogP) is 11.8. The first kappa shape index (κ1) is 27.2. The molecule has 0 N–H and O–H groups in total. The van der Waals surface area contributed by atoms with Crippen molar-refractivity contribution in [1.82, 2.24) is 0 Å². The maximum Gasteiger partial charge on any atom is -0.0162 e. The van der Waals surface area contributed by atoms with Crippen LogP contribution in [-0.4, -0.2) is 0 Å². The summed E-state index contributed by atoms with van der Waals surface area (Å²) in [6.07, 6.45) is 26.3.